The van der Waals surface area contributed by atoms with E-state index in [1.54, 1.807) is 0 Å². The van der Waals surface area contributed by atoms with Gasteiger partial charge in [0.15, 0.2) is 0 Å². The molecule has 1 amide bonds. The van der Waals surface area contributed by atoms with Gasteiger partial charge in [0.2, 0.25) is 17.6 Å². The van der Waals surface area contributed by atoms with Gasteiger partial charge in [0.05, 0.1) is 12.5 Å². The van der Waals surface area contributed by atoms with E-state index in [9.17, 15) is 4.79 Å². The van der Waals surface area contributed by atoms with Crippen molar-refractivity contribution in [2.75, 3.05) is 19.6 Å². The van der Waals surface area contributed by atoms with E-state index in [4.69, 9.17) is 16.1 Å². The first-order chi connectivity index (χ1) is 15.6. The van der Waals surface area contributed by atoms with E-state index in [2.05, 4.69) is 20.4 Å². The lowest BCUT2D eigenvalue weighted by Gasteiger charge is -2.30. The second kappa shape index (κ2) is 10.7. The maximum atomic E-state index is 12.7. The Morgan fingerprint density at radius 1 is 1.25 bits per heavy atom. The Hall–Kier alpha value is -2.70. The van der Waals surface area contributed by atoms with Gasteiger partial charge in [-0.25, -0.2) is 0 Å². The van der Waals surface area contributed by atoms with E-state index in [1.807, 2.05) is 55.5 Å². The van der Waals surface area contributed by atoms with Crippen molar-refractivity contribution in [3.05, 3.63) is 70.6 Å². The van der Waals surface area contributed by atoms with Crippen molar-refractivity contribution in [3.8, 4) is 11.4 Å². The average molecular weight is 453 g/mol. The van der Waals surface area contributed by atoms with Crippen LogP contribution in [0, 0.1) is 12.8 Å². The molecule has 168 valence electrons. The minimum Gasteiger partial charge on any atom is -0.356 e. The minimum absolute atomic E-state index is 0.00144. The SMILES string of the molecule is Cc1cccc(-c2noc(CN3CCCC(C(=O)NCCCc4ccc(Cl)cc4)C3)n2)c1. The number of carbonyl (C=O) groups excluding carboxylic acids is 1. The van der Waals surface area contributed by atoms with Gasteiger partial charge in [0.1, 0.15) is 0 Å². The third-order valence-electron chi connectivity index (χ3n) is 5.83. The highest BCUT2D eigenvalue weighted by Gasteiger charge is 2.26. The number of amides is 1. The molecule has 0 saturated carbocycles. The van der Waals surface area contributed by atoms with Crippen LogP contribution in [0.4, 0.5) is 0 Å². The molecule has 1 unspecified atom stereocenters. The number of hydrogen-bond donors (Lipinski definition) is 1. The Balaban J connectivity index is 1.23. The zero-order valence-corrected chi connectivity index (χ0v) is 19.1. The number of nitrogens with zero attached hydrogens (tertiary/aromatic N) is 3. The van der Waals surface area contributed by atoms with Crippen molar-refractivity contribution >= 4 is 17.5 Å². The Morgan fingerprint density at radius 2 is 2.09 bits per heavy atom. The number of carbonyl (C=O) groups is 1. The normalized spacial score (nSPS) is 16.8. The molecular weight excluding hydrogens is 424 g/mol. The molecule has 1 atom stereocenters. The fourth-order valence-corrected chi connectivity index (χ4v) is 4.25. The third kappa shape index (κ3) is 6.17. The summed E-state index contributed by atoms with van der Waals surface area (Å²) in [6.45, 7) is 4.94. The summed E-state index contributed by atoms with van der Waals surface area (Å²) in [4.78, 5) is 19.4. The quantitative estimate of drug-likeness (QED) is 0.503. The summed E-state index contributed by atoms with van der Waals surface area (Å²) in [5, 5.41) is 7.98. The van der Waals surface area contributed by atoms with Crippen molar-refractivity contribution in [1.82, 2.24) is 20.4 Å². The van der Waals surface area contributed by atoms with Gasteiger partial charge in [-0.05, 0) is 62.9 Å². The monoisotopic (exact) mass is 452 g/mol. The van der Waals surface area contributed by atoms with E-state index in [0.29, 0.717) is 31.3 Å². The third-order valence-corrected chi connectivity index (χ3v) is 6.09. The number of hydrogen-bond acceptors (Lipinski definition) is 5. The topological polar surface area (TPSA) is 71.3 Å². The summed E-state index contributed by atoms with van der Waals surface area (Å²) in [6.07, 6.45) is 3.74. The van der Waals surface area contributed by atoms with Gasteiger partial charge >= 0.3 is 0 Å². The zero-order chi connectivity index (χ0) is 22.3. The summed E-state index contributed by atoms with van der Waals surface area (Å²) >= 11 is 5.92. The van der Waals surface area contributed by atoms with E-state index >= 15 is 0 Å². The van der Waals surface area contributed by atoms with Crippen molar-refractivity contribution in [1.29, 1.82) is 0 Å². The minimum atomic E-state index is -0.00144. The second-order valence-electron chi connectivity index (χ2n) is 8.48. The van der Waals surface area contributed by atoms with Crippen molar-refractivity contribution in [3.63, 3.8) is 0 Å². The highest BCUT2D eigenvalue weighted by Crippen LogP contribution is 2.21. The molecule has 3 aromatic rings. The number of aryl methyl sites for hydroxylation is 2. The van der Waals surface area contributed by atoms with Crippen LogP contribution in [0.3, 0.4) is 0 Å². The van der Waals surface area contributed by atoms with Gasteiger partial charge < -0.3 is 9.84 Å². The molecule has 1 aliphatic rings. The highest BCUT2D eigenvalue weighted by atomic mass is 35.5. The lowest BCUT2D eigenvalue weighted by atomic mass is 9.97. The molecular formula is C25H29ClN4O2. The maximum absolute atomic E-state index is 12.7. The van der Waals surface area contributed by atoms with Crippen molar-refractivity contribution in [2.45, 2.75) is 39.2 Å². The lowest BCUT2D eigenvalue weighted by molar-refractivity contribution is -0.126. The van der Waals surface area contributed by atoms with Crippen LogP contribution < -0.4 is 5.32 Å². The number of rotatable bonds is 8. The first-order valence-corrected chi connectivity index (χ1v) is 11.6. The Kier molecular flexibility index (Phi) is 7.55. The predicted octanol–water partition coefficient (Wildman–Crippen LogP) is 4.66. The standard InChI is InChI=1S/C25H29ClN4O2/c1-18-5-2-7-20(15-18)24-28-23(32-29-24)17-30-14-4-8-21(16-30)25(31)27-13-3-6-19-9-11-22(26)12-10-19/h2,5,7,9-12,15,21H,3-4,6,8,13-14,16-17H2,1H3,(H,27,31). The molecule has 32 heavy (non-hydrogen) atoms. The Labute approximate surface area is 194 Å². The van der Waals surface area contributed by atoms with Gasteiger partial charge in [-0.1, -0.05) is 52.7 Å². The van der Waals surface area contributed by atoms with Gasteiger partial charge in [0.25, 0.3) is 0 Å². The number of piperidine rings is 1. The molecule has 1 fully saturated rings. The smallest absolute Gasteiger partial charge is 0.241 e. The van der Waals surface area contributed by atoms with Crippen LogP contribution in [0.5, 0.6) is 0 Å². The molecule has 1 aromatic heterocycles. The van der Waals surface area contributed by atoms with E-state index in [0.717, 1.165) is 48.4 Å². The average Bonchev–Trinajstić information content (AvgIpc) is 3.26. The van der Waals surface area contributed by atoms with Crippen LogP contribution >= 0.6 is 11.6 Å². The number of benzene rings is 2. The van der Waals surface area contributed by atoms with Gasteiger partial charge in [0, 0.05) is 23.7 Å². The number of nitrogens with one attached hydrogen (secondary N) is 1. The van der Waals surface area contributed by atoms with Gasteiger partial charge in [-0.3, -0.25) is 9.69 Å². The van der Waals surface area contributed by atoms with Crippen LogP contribution in [-0.2, 0) is 17.8 Å². The molecule has 1 aliphatic heterocycles. The van der Waals surface area contributed by atoms with Crippen LogP contribution in [0.25, 0.3) is 11.4 Å². The lowest BCUT2D eigenvalue weighted by Crippen LogP contribution is -2.43. The van der Waals surface area contributed by atoms with E-state index in [1.165, 1.54) is 5.56 Å². The first kappa shape index (κ1) is 22.5. The zero-order valence-electron chi connectivity index (χ0n) is 18.4. The largest absolute Gasteiger partial charge is 0.356 e. The summed E-state index contributed by atoms with van der Waals surface area (Å²) in [5.74, 6) is 1.33. The van der Waals surface area contributed by atoms with Crippen molar-refractivity contribution < 1.29 is 9.32 Å². The molecule has 2 heterocycles. The fraction of sp³-hybridized carbons (Fsp3) is 0.400. The first-order valence-electron chi connectivity index (χ1n) is 11.2. The molecule has 0 spiro atoms. The molecule has 1 N–H and O–H groups in total. The Morgan fingerprint density at radius 3 is 2.91 bits per heavy atom. The maximum Gasteiger partial charge on any atom is 0.241 e. The van der Waals surface area contributed by atoms with Crippen LogP contribution in [-0.4, -0.2) is 40.6 Å². The Bertz CT molecular complexity index is 1030. The molecule has 2 aromatic carbocycles. The van der Waals surface area contributed by atoms with Crippen LogP contribution in [0.15, 0.2) is 53.1 Å². The van der Waals surface area contributed by atoms with E-state index < -0.39 is 0 Å². The van der Waals surface area contributed by atoms with Gasteiger partial charge in [-0.15, -0.1) is 0 Å². The molecule has 1 saturated heterocycles. The molecule has 0 aliphatic carbocycles. The fourth-order valence-electron chi connectivity index (χ4n) is 4.12. The molecule has 4 rings (SSSR count). The molecule has 0 radical (unpaired) electrons. The summed E-state index contributed by atoms with van der Waals surface area (Å²) in [7, 11) is 0. The number of aromatic nitrogens is 2. The molecule has 0 bridgehead atoms. The van der Waals surface area contributed by atoms with E-state index in [-0.39, 0.29) is 11.8 Å². The summed E-state index contributed by atoms with van der Waals surface area (Å²) in [6, 6.07) is 15.9. The van der Waals surface area contributed by atoms with Crippen LogP contribution in [0.2, 0.25) is 5.02 Å². The van der Waals surface area contributed by atoms with Gasteiger partial charge in [-0.2, -0.15) is 4.98 Å². The molecule has 7 heteroatoms. The molecule has 6 nitrogen and oxygen atoms in total. The van der Waals surface area contributed by atoms with Crippen LogP contribution in [0.1, 0.15) is 36.3 Å². The number of halogens is 1. The predicted molar refractivity (Wildman–Crippen MR) is 125 cm³/mol. The summed E-state index contributed by atoms with van der Waals surface area (Å²) < 4.78 is 5.47. The summed E-state index contributed by atoms with van der Waals surface area (Å²) in [5.41, 5.74) is 3.35. The number of likely N-dealkylation sites (tertiary alicyclic amines) is 1. The second-order valence-corrected chi connectivity index (χ2v) is 8.91. The van der Waals surface area contributed by atoms with Crippen molar-refractivity contribution in [2.24, 2.45) is 5.92 Å². The highest BCUT2D eigenvalue weighted by molar-refractivity contribution is 6.30.